The van der Waals surface area contributed by atoms with E-state index in [-0.39, 0.29) is 24.2 Å². The van der Waals surface area contributed by atoms with E-state index in [2.05, 4.69) is 15.4 Å². The monoisotopic (exact) mass is 399 g/mol. The molecule has 146 valence electrons. The molecular weight excluding hydrogens is 378 g/mol. The van der Waals surface area contributed by atoms with E-state index in [0.717, 1.165) is 16.0 Å². The van der Waals surface area contributed by atoms with Gasteiger partial charge in [0.1, 0.15) is 5.75 Å². The lowest BCUT2D eigenvalue weighted by Crippen LogP contribution is -2.34. The van der Waals surface area contributed by atoms with Gasteiger partial charge in [-0.15, -0.1) is 0 Å². The van der Waals surface area contributed by atoms with Gasteiger partial charge >= 0.3 is 0 Å². The molecule has 4 rings (SSSR count). The van der Waals surface area contributed by atoms with E-state index in [1.165, 1.54) is 11.3 Å². The summed E-state index contributed by atoms with van der Waals surface area (Å²) < 4.78 is 8.24. The number of amides is 2. The van der Waals surface area contributed by atoms with Crippen LogP contribution in [0, 0.1) is 5.92 Å². The van der Waals surface area contributed by atoms with E-state index < -0.39 is 0 Å². The van der Waals surface area contributed by atoms with Crippen molar-refractivity contribution in [2.24, 2.45) is 5.92 Å². The lowest BCUT2D eigenvalue weighted by atomic mass is 10.1. The maximum absolute atomic E-state index is 12.5. The summed E-state index contributed by atoms with van der Waals surface area (Å²) in [5.74, 6) is 0.238. The Morgan fingerprint density at radius 1 is 1.43 bits per heavy atom. The Morgan fingerprint density at radius 2 is 2.32 bits per heavy atom. The number of aromatic nitrogens is 3. The lowest BCUT2D eigenvalue weighted by Gasteiger charge is -2.13. The normalized spacial score (nSPS) is 16.7. The average molecular weight is 399 g/mol. The van der Waals surface area contributed by atoms with Gasteiger partial charge in [0, 0.05) is 31.9 Å². The number of carbonyl (C=O) groups is 2. The number of thiazole rings is 1. The third-order valence-corrected chi connectivity index (χ3v) is 5.63. The van der Waals surface area contributed by atoms with Crippen LogP contribution in [0.1, 0.15) is 13.3 Å². The van der Waals surface area contributed by atoms with E-state index in [9.17, 15) is 9.59 Å². The summed E-state index contributed by atoms with van der Waals surface area (Å²) in [6.45, 7) is 3.96. The van der Waals surface area contributed by atoms with Crippen molar-refractivity contribution in [2.75, 3.05) is 24.6 Å². The number of hydrogen-bond donors (Lipinski definition) is 1. The molecule has 1 atom stereocenters. The minimum atomic E-state index is -0.365. The zero-order valence-electron chi connectivity index (χ0n) is 15.5. The summed E-state index contributed by atoms with van der Waals surface area (Å²) in [4.78, 5) is 31.1. The van der Waals surface area contributed by atoms with Crippen LogP contribution >= 0.6 is 11.3 Å². The number of ether oxygens (including phenoxy) is 1. The van der Waals surface area contributed by atoms with Gasteiger partial charge in [-0.3, -0.25) is 19.2 Å². The fourth-order valence-electron chi connectivity index (χ4n) is 3.20. The highest BCUT2D eigenvalue weighted by Gasteiger charge is 2.36. The molecule has 1 aromatic carbocycles. The Morgan fingerprint density at radius 3 is 3.11 bits per heavy atom. The van der Waals surface area contributed by atoms with Crippen molar-refractivity contribution < 1.29 is 14.3 Å². The molecule has 2 amide bonds. The molecule has 0 radical (unpaired) electrons. The summed E-state index contributed by atoms with van der Waals surface area (Å²) in [5, 5.41) is 7.62. The second-order valence-electron chi connectivity index (χ2n) is 6.52. The largest absolute Gasteiger partial charge is 0.494 e. The molecule has 28 heavy (non-hydrogen) atoms. The van der Waals surface area contributed by atoms with E-state index in [4.69, 9.17) is 4.74 Å². The van der Waals surface area contributed by atoms with Crippen LogP contribution < -0.4 is 15.0 Å². The van der Waals surface area contributed by atoms with Crippen molar-refractivity contribution in [2.45, 2.75) is 19.9 Å². The first-order chi connectivity index (χ1) is 13.6. The van der Waals surface area contributed by atoms with Crippen LogP contribution in [-0.4, -0.2) is 46.3 Å². The minimum Gasteiger partial charge on any atom is -0.494 e. The molecule has 1 N–H and O–H groups in total. The van der Waals surface area contributed by atoms with Gasteiger partial charge in [0.05, 0.1) is 29.3 Å². The molecule has 1 saturated heterocycles. The van der Waals surface area contributed by atoms with Crippen molar-refractivity contribution in [3.05, 3.63) is 36.7 Å². The molecule has 1 aliphatic heterocycles. The first-order valence-electron chi connectivity index (χ1n) is 9.23. The second-order valence-corrected chi connectivity index (χ2v) is 7.53. The quantitative estimate of drug-likeness (QED) is 0.657. The summed E-state index contributed by atoms with van der Waals surface area (Å²) >= 11 is 1.44. The van der Waals surface area contributed by atoms with Crippen LogP contribution in [-0.2, 0) is 16.1 Å². The number of nitrogens with one attached hydrogen (secondary N) is 1. The number of hydrogen-bond acceptors (Lipinski definition) is 6. The predicted molar refractivity (Wildman–Crippen MR) is 106 cm³/mol. The minimum absolute atomic E-state index is 0.0729. The second kappa shape index (κ2) is 7.97. The van der Waals surface area contributed by atoms with Crippen LogP contribution in [0.5, 0.6) is 5.75 Å². The molecule has 8 nitrogen and oxygen atoms in total. The number of rotatable bonds is 7. The van der Waals surface area contributed by atoms with Gasteiger partial charge in [0.15, 0.2) is 5.13 Å². The van der Waals surface area contributed by atoms with Crippen LogP contribution in [0.2, 0.25) is 0 Å². The Bertz CT molecular complexity index is 985. The number of nitrogens with zero attached hydrogens (tertiary/aromatic N) is 4. The lowest BCUT2D eigenvalue weighted by molar-refractivity contribution is -0.126. The highest BCUT2D eigenvalue weighted by atomic mass is 32.1. The third-order valence-electron chi connectivity index (χ3n) is 4.59. The van der Waals surface area contributed by atoms with Crippen LogP contribution in [0.25, 0.3) is 10.2 Å². The molecule has 0 spiro atoms. The summed E-state index contributed by atoms with van der Waals surface area (Å²) in [6.07, 6.45) is 3.75. The first kappa shape index (κ1) is 18.4. The van der Waals surface area contributed by atoms with Gasteiger partial charge in [0.25, 0.3) is 0 Å². The molecular formula is C19H21N5O3S. The molecule has 3 heterocycles. The predicted octanol–water partition coefficient (Wildman–Crippen LogP) is 2.06. The standard InChI is InChI=1S/C19H21N5O3S/c1-2-27-14-4-5-15-16(11-14)28-19(22-15)24-12-13(10-17(24)25)18(26)20-7-9-23-8-3-6-21-23/h3-6,8,11,13H,2,7,9-10,12H2,1H3,(H,20,26). The van der Waals surface area contributed by atoms with Gasteiger partial charge in [-0.1, -0.05) is 11.3 Å². The number of fused-ring (bicyclic) bond motifs is 1. The highest BCUT2D eigenvalue weighted by molar-refractivity contribution is 7.22. The van der Waals surface area contributed by atoms with E-state index in [1.54, 1.807) is 15.8 Å². The zero-order chi connectivity index (χ0) is 19.5. The highest BCUT2D eigenvalue weighted by Crippen LogP contribution is 2.34. The fourth-order valence-corrected chi connectivity index (χ4v) is 4.22. The Labute approximate surface area is 166 Å². The van der Waals surface area contributed by atoms with E-state index in [0.29, 0.717) is 31.4 Å². The molecule has 0 aliphatic carbocycles. The number of anilines is 1. The van der Waals surface area contributed by atoms with Crippen LogP contribution in [0.15, 0.2) is 36.7 Å². The van der Waals surface area contributed by atoms with Crippen molar-refractivity contribution in [3.63, 3.8) is 0 Å². The Hall–Kier alpha value is -2.94. The Kier molecular flexibility index (Phi) is 5.25. The number of benzene rings is 1. The van der Waals surface area contributed by atoms with Gasteiger partial charge in [0.2, 0.25) is 11.8 Å². The van der Waals surface area contributed by atoms with Crippen molar-refractivity contribution in [1.82, 2.24) is 20.1 Å². The maximum Gasteiger partial charge on any atom is 0.229 e. The van der Waals surface area contributed by atoms with Crippen molar-refractivity contribution in [3.8, 4) is 5.75 Å². The molecule has 9 heteroatoms. The van der Waals surface area contributed by atoms with Gasteiger partial charge < -0.3 is 10.1 Å². The number of carbonyl (C=O) groups excluding carboxylic acids is 2. The molecule has 0 bridgehead atoms. The fraction of sp³-hybridized carbons (Fsp3) is 0.368. The molecule has 2 aromatic heterocycles. The smallest absolute Gasteiger partial charge is 0.229 e. The summed E-state index contributed by atoms with van der Waals surface area (Å²) in [6, 6.07) is 7.53. The third kappa shape index (κ3) is 3.84. The van der Waals surface area contributed by atoms with E-state index >= 15 is 0 Å². The van der Waals surface area contributed by atoms with Crippen LogP contribution in [0.4, 0.5) is 5.13 Å². The summed E-state index contributed by atoms with van der Waals surface area (Å²) in [5.41, 5.74) is 0.823. The SMILES string of the molecule is CCOc1ccc2nc(N3CC(C(=O)NCCn4cccn4)CC3=O)sc2c1. The topological polar surface area (TPSA) is 89.3 Å². The van der Waals surface area contributed by atoms with Gasteiger partial charge in [-0.25, -0.2) is 4.98 Å². The zero-order valence-corrected chi connectivity index (χ0v) is 16.3. The molecule has 1 unspecified atom stereocenters. The average Bonchev–Trinajstić information content (AvgIpc) is 3.40. The molecule has 1 fully saturated rings. The van der Waals surface area contributed by atoms with E-state index in [1.807, 2.05) is 37.4 Å². The summed E-state index contributed by atoms with van der Waals surface area (Å²) in [7, 11) is 0. The van der Waals surface area contributed by atoms with Crippen molar-refractivity contribution >= 4 is 38.5 Å². The molecule has 3 aromatic rings. The van der Waals surface area contributed by atoms with Gasteiger partial charge in [-0.2, -0.15) is 5.10 Å². The Balaban J connectivity index is 1.39. The van der Waals surface area contributed by atoms with Crippen LogP contribution in [0.3, 0.4) is 0 Å². The van der Waals surface area contributed by atoms with Gasteiger partial charge in [-0.05, 0) is 31.2 Å². The molecule has 0 saturated carbocycles. The molecule has 1 aliphatic rings. The van der Waals surface area contributed by atoms with Crippen molar-refractivity contribution in [1.29, 1.82) is 0 Å². The maximum atomic E-state index is 12.5. The first-order valence-corrected chi connectivity index (χ1v) is 10.0.